The van der Waals surface area contributed by atoms with Crippen LogP contribution in [0.5, 0.6) is 5.75 Å². The molecular weight excluding hydrogens is 458 g/mol. The molecule has 0 bridgehead atoms. The minimum absolute atomic E-state index is 0.0830. The molecular formula is C26H30F6O2. The Morgan fingerprint density at radius 2 is 1.56 bits per heavy atom. The molecule has 3 rings (SSSR count). The molecule has 0 amide bonds. The lowest BCUT2D eigenvalue weighted by Crippen LogP contribution is -2.24. The van der Waals surface area contributed by atoms with E-state index >= 15 is 0 Å². The number of halogens is 6. The minimum Gasteiger partial charge on any atom is -0.491 e. The lowest BCUT2D eigenvalue weighted by atomic mass is 9.77. The Kier molecular flexibility index (Phi) is 8.55. The van der Waals surface area contributed by atoms with Crippen LogP contribution in [-0.4, -0.2) is 6.61 Å². The van der Waals surface area contributed by atoms with Crippen LogP contribution < -0.4 is 4.74 Å². The smallest absolute Gasteiger partial charge is 0.386 e. The molecule has 1 aliphatic rings. The van der Waals surface area contributed by atoms with Crippen LogP contribution in [0.2, 0.25) is 0 Å². The Morgan fingerprint density at radius 1 is 0.882 bits per heavy atom. The molecule has 2 aromatic rings. The van der Waals surface area contributed by atoms with E-state index in [2.05, 4.69) is 11.7 Å². The molecule has 34 heavy (non-hydrogen) atoms. The van der Waals surface area contributed by atoms with Crippen molar-refractivity contribution in [3.8, 4) is 5.75 Å². The van der Waals surface area contributed by atoms with E-state index in [1.807, 2.05) is 0 Å². The Hall–Kier alpha value is -2.22. The van der Waals surface area contributed by atoms with Gasteiger partial charge in [-0.05, 0) is 75.1 Å². The number of alkyl halides is 2. The topological polar surface area (TPSA) is 18.5 Å². The van der Waals surface area contributed by atoms with Gasteiger partial charge in [-0.3, -0.25) is 0 Å². The summed E-state index contributed by atoms with van der Waals surface area (Å²) in [5.74, 6) is -5.79. The minimum atomic E-state index is -4.27. The predicted molar refractivity (Wildman–Crippen MR) is 117 cm³/mol. The van der Waals surface area contributed by atoms with Crippen molar-refractivity contribution in [3.05, 3.63) is 64.2 Å². The Labute approximate surface area is 196 Å². The summed E-state index contributed by atoms with van der Waals surface area (Å²) in [6.07, 6.45) is -0.652. The highest BCUT2D eigenvalue weighted by Crippen LogP contribution is 2.42. The highest BCUT2D eigenvalue weighted by Gasteiger charge is 2.41. The lowest BCUT2D eigenvalue weighted by Gasteiger charge is -2.29. The lowest BCUT2D eigenvalue weighted by molar-refractivity contribution is -0.274. The molecule has 0 aliphatic heterocycles. The largest absolute Gasteiger partial charge is 0.491 e. The van der Waals surface area contributed by atoms with Crippen LogP contribution in [-0.2, 0) is 10.8 Å². The Balaban J connectivity index is 1.79. The van der Waals surface area contributed by atoms with E-state index in [0.29, 0.717) is 18.8 Å². The first-order valence-electron chi connectivity index (χ1n) is 11.7. The highest BCUT2D eigenvalue weighted by atomic mass is 19.3. The van der Waals surface area contributed by atoms with E-state index < -0.39 is 46.6 Å². The molecule has 8 heteroatoms. The van der Waals surface area contributed by atoms with Crippen LogP contribution in [0.1, 0.15) is 88.0 Å². The van der Waals surface area contributed by atoms with Crippen molar-refractivity contribution in [1.29, 1.82) is 0 Å². The van der Waals surface area contributed by atoms with Gasteiger partial charge >= 0.3 is 6.11 Å². The van der Waals surface area contributed by atoms with Gasteiger partial charge in [0.2, 0.25) is 5.82 Å². The van der Waals surface area contributed by atoms with Crippen molar-refractivity contribution >= 4 is 0 Å². The third-order valence-electron chi connectivity index (χ3n) is 6.55. The monoisotopic (exact) mass is 488 g/mol. The standard InChI is InChI=1S/C26H30F6O2/c1-4-6-16-7-9-17(10-8-16)19-11-13-20(24(29)23(19)28)26(31,32)34-15(3)18-12-14-21(33-5-2)25(30)22(18)27/h11-17H,4-10H2,1-3H3. The van der Waals surface area contributed by atoms with Gasteiger partial charge in [0.15, 0.2) is 23.2 Å². The van der Waals surface area contributed by atoms with Gasteiger partial charge in [0, 0.05) is 5.56 Å². The first-order chi connectivity index (χ1) is 16.1. The first-order valence-corrected chi connectivity index (χ1v) is 11.7. The van der Waals surface area contributed by atoms with Crippen molar-refractivity contribution in [3.63, 3.8) is 0 Å². The molecule has 1 fully saturated rings. The van der Waals surface area contributed by atoms with Crippen LogP contribution in [0.25, 0.3) is 0 Å². The van der Waals surface area contributed by atoms with Crippen LogP contribution >= 0.6 is 0 Å². The average Bonchev–Trinajstić information content (AvgIpc) is 2.79. The number of benzene rings is 2. The molecule has 0 spiro atoms. The zero-order valence-electron chi connectivity index (χ0n) is 19.6. The number of ether oxygens (including phenoxy) is 2. The Morgan fingerprint density at radius 3 is 2.18 bits per heavy atom. The third kappa shape index (κ3) is 5.53. The maximum absolute atomic E-state index is 14.8. The Bertz CT molecular complexity index is 986. The van der Waals surface area contributed by atoms with Crippen LogP contribution in [0.15, 0.2) is 24.3 Å². The predicted octanol–water partition coefficient (Wildman–Crippen LogP) is 8.54. The van der Waals surface area contributed by atoms with E-state index in [1.165, 1.54) is 6.07 Å². The molecule has 0 saturated heterocycles. The molecule has 1 atom stereocenters. The molecule has 2 nitrogen and oxygen atoms in total. The van der Waals surface area contributed by atoms with Crippen molar-refractivity contribution in [2.75, 3.05) is 6.61 Å². The summed E-state index contributed by atoms with van der Waals surface area (Å²) in [5, 5.41) is 0. The quantitative estimate of drug-likeness (QED) is 0.329. The molecule has 0 aromatic heterocycles. The van der Waals surface area contributed by atoms with Gasteiger partial charge in [-0.2, -0.15) is 13.2 Å². The average molecular weight is 489 g/mol. The fourth-order valence-electron chi connectivity index (χ4n) is 4.75. The summed E-state index contributed by atoms with van der Waals surface area (Å²) < 4.78 is 97.2. The molecule has 0 radical (unpaired) electrons. The van der Waals surface area contributed by atoms with Crippen LogP contribution in [0.3, 0.4) is 0 Å². The normalized spacial score (nSPS) is 19.8. The second-order valence-corrected chi connectivity index (χ2v) is 8.83. The summed E-state index contributed by atoms with van der Waals surface area (Å²) in [6, 6.07) is 4.14. The van der Waals surface area contributed by atoms with Crippen LogP contribution in [0.4, 0.5) is 26.3 Å². The highest BCUT2D eigenvalue weighted by molar-refractivity contribution is 5.33. The zero-order valence-corrected chi connectivity index (χ0v) is 19.6. The second-order valence-electron chi connectivity index (χ2n) is 8.83. The fourth-order valence-corrected chi connectivity index (χ4v) is 4.75. The van der Waals surface area contributed by atoms with Crippen molar-refractivity contribution in [2.24, 2.45) is 5.92 Å². The maximum atomic E-state index is 14.8. The van der Waals surface area contributed by atoms with Gasteiger partial charge in [-0.1, -0.05) is 25.8 Å². The molecule has 1 saturated carbocycles. The molecule has 188 valence electrons. The molecule has 1 unspecified atom stereocenters. The summed E-state index contributed by atoms with van der Waals surface area (Å²) in [5.41, 5.74) is -1.70. The van der Waals surface area contributed by atoms with Gasteiger partial charge < -0.3 is 9.47 Å². The van der Waals surface area contributed by atoms with Gasteiger partial charge in [0.25, 0.3) is 0 Å². The van der Waals surface area contributed by atoms with Gasteiger partial charge in [-0.15, -0.1) is 0 Å². The number of hydrogen-bond donors (Lipinski definition) is 0. The third-order valence-corrected chi connectivity index (χ3v) is 6.55. The van der Waals surface area contributed by atoms with E-state index in [1.54, 1.807) is 6.92 Å². The number of hydrogen-bond acceptors (Lipinski definition) is 2. The summed E-state index contributed by atoms with van der Waals surface area (Å²) >= 11 is 0. The van der Waals surface area contributed by atoms with Crippen molar-refractivity contribution in [1.82, 2.24) is 0 Å². The van der Waals surface area contributed by atoms with E-state index in [-0.39, 0.29) is 23.8 Å². The molecule has 2 aromatic carbocycles. The van der Waals surface area contributed by atoms with Crippen molar-refractivity contribution < 1.29 is 35.8 Å². The zero-order chi connectivity index (χ0) is 25.0. The van der Waals surface area contributed by atoms with Crippen molar-refractivity contribution in [2.45, 2.75) is 77.4 Å². The summed E-state index contributed by atoms with van der Waals surface area (Å²) in [4.78, 5) is 0. The van der Waals surface area contributed by atoms with E-state index in [0.717, 1.165) is 50.8 Å². The van der Waals surface area contributed by atoms with E-state index in [9.17, 15) is 26.3 Å². The molecule has 0 heterocycles. The fraction of sp³-hybridized carbons (Fsp3) is 0.538. The summed E-state index contributed by atoms with van der Waals surface area (Å²) in [7, 11) is 0. The number of rotatable bonds is 9. The molecule has 1 aliphatic carbocycles. The van der Waals surface area contributed by atoms with Gasteiger partial charge in [-0.25, -0.2) is 13.2 Å². The maximum Gasteiger partial charge on any atom is 0.386 e. The molecule has 0 N–H and O–H groups in total. The second kappa shape index (κ2) is 11.0. The van der Waals surface area contributed by atoms with Crippen LogP contribution in [0, 0.1) is 29.2 Å². The SMILES string of the molecule is CCCC1CCC(c2ccc(C(F)(F)OC(C)c3ccc(OCC)c(F)c3F)c(F)c2F)CC1. The van der Waals surface area contributed by atoms with E-state index in [4.69, 9.17) is 4.74 Å². The van der Waals surface area contributed by atoms with Gasteiger partial charge in [0.05, 0.1) is 18.3 Å². The first kappa shape index (κ1) is 26.4. The van der Waals surface area contributed by atoms with Gasteiger partial charge in [0.1, 0.15) is 0 Å². The summed E-state index contributed by atoms with van der Waals surface area (Å²) in [6.45, 7) is 4.84.